The first kappa shape index (κ1) is 13.7. The predicted molar refractivity (Wildman–Crippen MR) is 66.2 cm³/mol. The van der Waals surface area contributed by atoms with E-state index in [1.54, 1.807) is 24.3 Å². The lowest BCUT2D eigenvalue weighted by atomic mass is 9.97. The summed E-state index contributed by atoms with van der Waals surface area (Å²) >= 11 is 5.74. The van der Waals surface area contributed by atoms with Gasteiger partial charge in [0.25, 0.3) is 0 Å². The summed E-state index contributed by atoms with van der Waals surface area (Å²) in [4.78, 5) is 22.9. The Hall–Kier alpha value is -1.35. The molecule has 0 bridgehead atoms. The predicted octanol–water partition coefficient (Wildman–Crippen LogP) is 3.11. The number of hydrogen-bond acceptors (Lipinski definition) is 3. The Morgan fingerprint density at radius 1 is 1.24 bits per heavy atom. The second-order valence-corrected chi connectivity index (χ2v) is 4.46. The first-order chi connectivity index (χ1) is 8.02. The Kier molecular flexibility index (Phi) is 5.16. The van der Waals surface area contributed by atoms with Crippen LogP contribution in [0.1, 0.15) is 30.1 Å². The van der Waals surface area contributed by atoms with E-state index in [9.17, 15) is 9.59 Å². The molecule has 1 atom stereocenters. The van der Waals surface area contributed by atoms with Gasteiger partial charge in [-0.3, -0.25) is 9.59 Å². The average molecular weight is 255 g/mol. The highest BCUT2D eigenvalue weighted by molar-refractivity contribution is 6.30. The lowest BCUT2D eigenvalue weighted by molar-refractivity contribution is -0.141. The molecule has 1 aromatic rings. The molecule has 0 fully saturated rings. The van der Waals surface area contributed by atoms with Gasteiger partial charge >= 0.3 is 5.97 Å². The maximum absolute atomic E-state index is 11.8. The third-order valence-electron chi connectivity index (χ3n) is 2.44. The van der Waals surface area contributed by atoms with E-state index in [2.05, 4.69) is 4.74 Å². The number of benzene rings is 1. The summed E-state index contributed by atoms with van der Waals surface area (Å²) in [5.41, 5.74) is 0.617. The number of rotatable bonds is 5. The highest BCUT2D eigenvalue weighted by atomic mass is 35.5. The molecule has 0 spiro atoms. The van der Waals surface area contributed by atoms with Crippen LogP contribution in [0.3, 0.4) is 0 Å². The number of hydrogen-bond donors (Lipinski definition) is 0. The maximum Gasteiger partial charge on any atom is 0.305 e. The van der Waals surface area contributed by atoms with Crippen molar-refractivity contribution in [3.05, 3.63) is 34.9 Å². The first-order valence-electron chi connectivity index (χ1n) is 5.38. The molecule has 0 aliphatic heterocycles. The molecule has 0 saturated carbocycles. The van der Waals surface area contributed by atoms with Gasteiger partial charge in [-0.15, -0.1) is 0 Å². The van der Waals surface area contributed by atoms with Crippen LogP contribution in [0.4, 0.5) is 0 Å². The number of halogens is 1. The Balaban J connectivity index is 2.54. The standard InChI is InChI=1S/C13H15ClO3/c1-9(8-13(16)17-2)7-12(15)10-3-5-11(14)6-4-10/h3-6,9H,7-8H2,1-2H3/t9-/m0/s1. The molecule has 4 heteroatoms. The van der Waals surface area contributed by atoms with Crippen LogP contribution >= 0.6 is 11.6 Å². The minimum atomic E-state index is -0.290. The molecule has 1 aromatic carbocycles. The summed E-state index contributed by atoms with van der Waals surface area (Å²) in [6.07, 6.45) is 0.590. The fourth-order valence-corrected chi connectivity index (χ4v) is 1.64. The average Bonchev–Trinajstić information content (AvgIpc) is 2.29. The molecule has 0 saturated heterocycles. The van der Waals surface area contributed by atoms with Crippen LogP contribution in [0.5, 0.6) is 0 Å². The van der Waals surface area contributed by atoms with Crippen molar-refractivity contribution < 1.29 is 14.3 Å². The van der Waals surface area contributed by atoms with E-state index < -0.39 is 0 Å². The van der Waals surface area contributed by atoms with Gasteiger partial charge in [0.15, 0.2) is 5.78 Å². The number of carbonyl (C=O) groups is 2. The molecule has 0 aliphatic rings. The number of carbonyl (C=O) groups excluding carboxylic acids is 2. The Morgan fingerprint density at radius 3 is 2.35 bits per heavy atom. The largest absolute Gasteiger partial charge is 0.469 e. The van der Waals surface area contributed by atoms with Crippen molar-refractivity contribution in [2.24, 2.45) is 5.92 Å². The van der Waals surface area contributed by atoms with Crippen molar-refractivity contribution in [2.45, 2.75) is 19.8 Å². The molecule has 0 radical (unpaired) electrons. The maximum atomic E-state index is 11.8. The third kappa shape index (κ3) is 4.57. The summed E-state index contributed by atoms with van der Waals surface area (Å²) in [7, 11) is 1.34. The summed E-state index contributed by atoms with van der Waals surface area (Å²) in [5.74, 6) is -0.301. The molecule has 0 aliphatic carbocycles. The normalized spacial score (nSPS) is 11.9. The van der Waals surface area contributed by atoms with E-state index in [4.69, 9.17) is 11.6 Å². The van der Waals surface area contributed by atoms with Crippen molar-refractivity contribution >= 4 is 23.4 Å². The molecular formula is C13H15ClO3. The molecule has 0 aromatic heterocycles. The van der Waals surface area contributed by atoms with Gasteiger partial charge in [-0.2, -0.15) is 0 Å². The smallest absolute Gasteiger partial charge is 0.305 e. The highest BCUT2D eigenvalue weighted by Crippen LogP contribution is 2.15. The van der Waals surface area contributed by atoms with Gasteiger partial charge in [0, 0.05) is 23.4 Å². The molecule has 3 nitrogen and oxygen atoms in total. The van der Waals surface area contributed by atoms with Gasteiger partial charge in [-0.25, -0.2) is 0 Å². The van der Waals surface area contributed by atoms with Crippen molar-refractivity contribution in [3.8, 4) is 0 Å². The van der Waals surface area contributed by atoms with E-state index in [0.29, 0.717) is 17.0 Å². The molecule has 0 heterocycles. The van der Waals surface area contributed by atoms with Gasteiger partial charge in [-0.05, 0) is 30.2 Å². The molecule has 17 heavy (non-hydrogen) atoms. The van der Waals surface area contributed by atoms with Gasteiger partial charge in [0.1, 0.15) is 0 Å². The lowest BCUT2D eigenvalue weighted by Crippen LogP contribution is -2.11. The molecular weight excluding hydrogens is 240 g/mol. The Morgan fingerprint density at radius 2 is 1.82 bits per heavy atom. The molecule has 0 unspecified atom stereocenters. The van der Waals surface area contributed by atoms with Crippen molar-refractivity contribution in [1.82, 2.24) is 0 Å². The number of esters is 1. The lowest BCUT2D eigenvalue weighted by Gasteiger charge is -2.08. The van der Waals surface area contributed by atoms with Crippen LogP contribution in [0.2, 0.25) is 5.02 Å². The molecule has 92 valence electrons. The van der Waals surface area contributed by atoms with Gasteiger partial charge in [-0.1, -0.05) is 18.5 Å². The number of ether oxygens (including phenoxy) is 1. The number of ketones is 1. The van der Waals surface area contributed by atoms with Crippen LogP contribution < -0.4 is 0 Å². The second kappa shape index (κ2) is 6.40. The topological polar surface area (TPSA) is 43.4 Å². The van der Waals surface area contributed by atoms with Crippen molar-refractivity contribution in [3.63, 3.8) is 0 Å². The quantitative estimate of drug-likeness (QED) is 0.599. The van der Waals surface area contributed by atoms with Gasteiger partial charge in [0.2, 0.25) is 0 Å². The van der Waals surface area contributed by atoms with Gasteiger partial charge < -0.3 is 4.74 Å². The monoisotopic (exact) mass is 254 g/mol. The summed E-state index contributed by atoms with van der Waals surface area (Å²) in [6, 6.07) is 6.74. The fourth-order valence-electron chi connectivity index (χ4n) is 1.51. The van der Waals surface area contributed by atoms with Crippen molar-refractivity contribution in [2.75, 3.05) is 7.11 Å². The van der Waals surface area contributed by atoms with E-state index in [1.807, 2.05) is 6.92 Å². The van der Waals surface area contributed by atoms with E-state index in [0.717, 1.165) is 0 Å². The van der Waals surface area contributed by atoms with Crippen LogP contribution in [0, 0.1) is 5.92 Å². The Labute approximate surface area is 106 Å². The minimum Gasteiger partial charge on any atom is -0.469 e. The Bertz CT molecular complexity index is 398. The summed E-state index contributed by atoms with van der Waals surface area (Å²) in [5, 5.41) is 0.601. The van der Waals surface area contributed by atoms with Crippen LogP contribution in [0.15, 0.2) is 24.3 Å². The first-order valence-corrected chi connectivity index (χ1v) is 5.76. The van der Waals surface area contributed by atoms with E-state index in [1.165, 1.54) is 7.11 Å². The molecule has 0 amide bonds. The van der Waals surface area contributed by atoms with Crippen molar-refractivity contribution in [1.29, 1.82) is 0 Å². The van der Waals surface area contributed by atoms with Gasteiger partial charge in [0.05, 0.1) is 7.11 Å². The van der Waals surface area contributed by atoms with Crippen LogP contribution in [-0.4, -0.2) is 18.9 Å². The van der Waals surface area contributed by atoms with E-state index >= 15 is 0 Å². The second-order valence-electron chi connectivity index (χ2n) is 4.02. The molecule has 0 N–H and O–H groups in total. The van der Waals surface area contributed by atoms with E-state index in [-0.39, 0.29) is 24.1 Å². The SMILES string of the molecule is COC(=O)C[C@@H](C)CC(=O)c1ccc(Cl)cc1. The fraction of sp³-hybridized carbons (Fsp3) is 0.385. The minimum absolute atomic E-state index is 0.0121. The summed E-state index contributed by atoms with van der Waals surface area (Å²) < 4.78 is 4.56. The zero-order valence-electron chi connectivity index (χ0n) is 9.90. The zero-order chi connectivity index (χ0) is 12.8. The molecule has 1 rings (SSSR count). The van der Waals surface area contributed by atoms with Crippen LogP contribution in [0.25, 0.3) is 0 Å². The highest BCUT2D eigenvalue weighted by Gasteiger charge is 2.14. The summed E-state index contributed by atoms with van der Waals surface area (Å²) in [6.45, 7) is 1.85. The third-order valence-corrected chi connectivity index (χ3v) is 2.69. The zero-order valence-corrected chi connectivity index (χ0v) is 10.7. The number of Topliss-reactive ketones (excluding diaryl/α,β-unsaturated/α-hetero) is 1. The number of methoxy groups -OCH3 is 1. The van der Waals surface area contributed by atoms with Crippen LogP contribution in [-0.2, 0) is 9.53 Å².